The van der Waals surface area contributed by atoms with E-state index in [0.717, 1.165) is 21.7 Å². The molecule has 0 aliphatic heterocycles. The maximum atomic E-state index is 12.1. The molecule has 0 atom stereocenters. The van der Waals surface area contributed by atoms with E-state index in [1.54, 1.807) is 12.4 Å². The summed E-state index contributed by atoms with van der Waals surface area (Å²) >= 11 is 1.46. The summed E-state index contributed by atoms with van der Waals surface area (Å²) in [6.45, 7) is 1.91. The van der Waals surface area contributed by atoms with Crippen molar-refractivity contribution in [2.45, 2.75) is 20.0 Å². The second-order valence-electron chi connectivity index (χ2n) is 6.09. The Bertz CT molecular complexity index is 1090. The molecule has 8 heteroatoms. The van der Waals surface area contributed by atoms with Crippen molar-refractivity contribution in [3.8, 4) is 22.0 Å². The van der Waals surface area contributed by atoms with Gasteiger partial charge in [-0.05, 0) is 31.2 Å². The first-order valence-corrected chi connectivity index (χ1v) is 9.45. The predicted octanol–water partition coefficient (Wildman–Crippen LogP) is 3.85. The quantitative estimate of drug-likeness (QED) is 0.460. The van der Waals surface area contributed by atoms with Gasteiger partial charge in [0.05, 0.1) is 12.1 Å². The summed E-state index contributed by atoms with van der Waals surface area (Å²) in [4.78, 5) is 20.6. The maximum absolute atomic E-state index is 12.1. The molecule has 3 heterocycles. The summed E-state index contributed by atoms with van der Waals surface area (Å²) in [6, 6.07) is 11.5. The van der Waals surface area contributed by atoms with Gasteiger partial charge in [-0.3, -0.25) is 9.78 Å². The second-order valence-corrected chi connectivity index (χ2v) is 6.95. The molecule has 4 rings (SSSR count). The zero-order chi connectivity index (χ0) is 19.3. The average molecular weight is 392 g/mol. The average Bonchev–Trinajstić information content (AvgIpc) is 3.37. The van der Waals surface area contributed by atoms with Gasteiger partial charge in [0.2, 0.25) is 5.89 Å². The highest BCUT2D eigenvalue weighted by Crippen LogP contribution is 2.23. The summed E-state index contributed by atoms with van der Waals surface area (Å²) in [5.41, 5.74) is 3.49. The van der Waals surface area contributed by atoms with Crippen molar-refractivity contribution in [1.82, 2.24) is 20.2 Å². The Morgan fingerprint density at radius 3 is 2.89 bits per heavy atom. The number of nitrogens with zero attached hydrogens (tertiary/aromatic N) is 4. The molecule has 3 aromatic heterocycles. The molecule has 0 saturated carbocycles. The third kappa shape index (κ3) is 4.29. The summed E-state index contributed by atoms with van der Waals surface area (Å²) < 4.78 is 10.8. The molecule has 0 spiro atoms. The van der Waals surface area contributed by atoms with Crippen molar-refractivity contribution >= 4 is 17.3 Å². The molecule has 0 amide bonds. The van der Waals surface area contributed by atoms with Crippen molar-refractivity contribution in [2.75, 3.05) is 0 Å². The van der Waals surface area contributed by atoms with Crippen molar-refractivity contribution in [1.29, 1.82) is 0 Å². The summed E-state index contributed by atoms with van der Waals surface area (Å²) in [5, 5.41) is 10.6. The maximum Gasteiger partial charge on any atom is 0.312 e. The Morgan fingerprint density at radius 2 is 2.07 bits per heavy atom. The number of rotatable bonds is 6. The van der Waals surface area contributed by atoms with Crippen LogP contribution in [0.3, 0.4) is 0 Å². The van der Waals surface area contributed by atoms with E-state index in [9.17, 15) is 4.79 Å². The Hall–Kier alpha value is -3.39. The van der Waals surface area contributed by atoms with Crippen LogP contribution in [0.25, 0.3) is 22.0 Å². The molecular formula is C20H16N4O3S. The smallest absolute Gasteiger partial charge is 0.312 e. The Kier molecular flexibility index (Phi) is 5.20. The molecule has 0 aliphatic carbocycles. The fourth-order valence-corrected chi connectivity index (χ4v) is 3.37. The van der Waals surface area contributed by atoms with Crippen molar-refractivity contribution in [2.24, 2.45) is 0 Å². The van der Waals surface area contributed by atoms with Crippen molar-refractivity contribution in [3.63, 3.8) is 0 Å². The zero-order valence-corrected chi connectivity index (χ0v) is 15.8. The fourth-order valence-electron chi connectivity index (χ4n) is 2.56. The topological polar surface area (TPSA) is 91.0 Å². The van der Waals surface area contributed by atoms with Gasteiger partial charge < -0.3 is 9.15 Å². The number of carbonyl (C=O) groups excluding carboxylic acids is 1. The minimum absolute atomic E-state index is 0.0722. The first-order valence-electron chi connectivity index (χ1n) is 8.57. The second kappa shape index (κ2) is 8.10. The highest BCUT2D eigenvalue weighted by atomic mass is 32.1. The molecule has 1 aromatic carbocycles. The largest absolute Gasteiger partial charge is 0.455 e. The van der Waals surface area contributed by atoms with Gasteiger partial charge in [0.25, 0.3) is 5.89 Å². The van der Waals surface area contributed by atoms with Crippen LogP contribution in [-0.4, -0.2) is 26.1 Å². The summed E-state index contributed by atoms with van der Waals surface area (Å²) in [6.07, 6.45) is 3.52. The van der Waals surface area contributed by atoms with Crippen molar-refractivity contribution < 1.29 is 13.9 Å². The molecule has 0 radical (unpaired) electrons. The Labute approximate surface area is 165 Å². The third-order valence-electron chi connectivity index (χ3n) is 3.87. The molecule has 4 aromatic rings. The monoisotopic (exact) mass is 392 g/mol. The standard InChI is InChI=1S/C20H16N4O3S/c1-13-4-2-5-14(8-13)19-24-23-17(27-19)11-26-18(25)9-16-12-28-20(22-16)15-6-3-7-21-10-15/h2-8,10,12H,9,11H2,1H3. The van der Waals surface area contributed by atoms with Crippen LogP contribution >= 0.6 is 11.3 Å². The number of esters is 1. The molecule has 0 N–H and O–H groups in total. The van der Waals surface area contributed by atoms with Gasteiger partial charge in [0.1, 0.15) is 5.01 Å². The van der Waals surface area contributed by atoms with Crippen molar-refractivity contribution in [3.05, 3.63) is 71.3 Å². The van der Waals surface area contributed by atoms with Crippen LogP contribution in [0.1, 0.15) is 17.1 Å². The first kappa shape index (κ1) is 18.0. The number of carbonyl (C=O) groups is 1. The number of hydrogen-bond acceptors (Lipinski definition) is 8. The lowest BCUT2D eigenvalue weighted by Gasteiger charge is -2.00. The normalized spacial score (nSPS) is 10.8. The number of thiazole rings is 1. The molecule has 0 aliphatic rings. The predicted molar refractivity (Wildman–Crippen MR) is 103 cm³/mol. The lowest BCUT2D eigenvalue weighted by atomic mass is 10.1. The molecule has 7 nitrogen and oxygen atoms in total. The van der Waals surface area contributed by atoms with E-state index in [-0.39, 0.29) is 18.9 Å². The number of benzene rings is 1. The number of hydrogen-bond donors (Lipinski definition) is 0. The molecule has 0 bridgehead atoms. The molecule has 0 saturated heterocycles. The molecule has 28 heavy (non-hydrogen) atoms. The minimum atomic E-state index is -0.404. The molecule has 140 valence electrons. The third-order valence-corrected chi connectivity index (χ3v) is 4.81. The first-order chi connectivity index (χ1) is 13.7. The van der Waals surface area contributed by atoms with Gasteiger partial charge in [-0.2, -0.15) is 0 Å². The van der Waals surface area contributed by atoms with Crippen LogP contribution in [-0.2, 0) is 22.6 Å². The lowest BCUT2D eigenvalue weighted by molar-refractivity contribution is -0.144. The van der Waals surface area contributed by atoms with Gasteiger partial charge in [0.15, 0.2) is 6.61 Å². The highest BCUT2D eigenvalue weighted by Gasteiger charge is 2.13. The fraction of sp³-hybridized carbons (Fsp3) is 0.150. The van der Waals surface area contributed by atoms with Gasteiger partial charge in [-0.25, -0.2) is 4.98 Å². The van der Waals surface area contributed by atoms with E-state index in [1.165, 1.54) is 11.3 Å². The van der Waals surface area contributed by atoms with Crippen LogP contribution in [0.15, 0.2) is 58.6 Å². The van der Waals surface area contributed by atoms with Crippen LogP contribution in [0.2, 0.25) is 0 Å². The Morgan fingerprint density at radius 1 is 1.18 bits per heavy atom. The van der Waals surface area contributed by atoms with Crippen LogP contribution in [0.5, 0.6) is 0 Å². The van der Waals surface area contributed by atoms with Gasteiger partial charge >= 0.3 is 5.97 Å². The van der Waals surface area contributed by atoms with E-state index in [0.29, 0.717) is 11.6 Å². The SMILES string of the molecule is Cc1cccc(-c2nnc(COC(=O)Cc3csc(-c4cccnc4)n3)o2)c1. The van der Waals surface area contributed by atoms with E-state index in [2.05, 4.69) is 20.2 Å². The minimum Gasteiger partial charge on any atom is -0.455 e. The van der Waals surface area contributed by atoms with E-state index >= 15 is 0 Å². The Balaban J connectivity index is 1.33. The molecule has 0 unspecified atom stereocenters. The van der Waals surface area contributed by atoms with Gasteiger partial charge in [-0.15, -0.1) is 21.5 Å². The lowest BCUT2D eigenvalue weighted by Crippen LogP contribution is -2.08. The molecule has 0 fully saturated rings. The van der Waals surface area contributed by atoms with Crippen LogP contribution in [0.4, 0.5) is 0 Å². The number of ether oxygens (including phenoxy) is 1. The summed E-state index contributed by atoms with van der Waals surface area (Å²) in [5.74, 6) is 0.243. The van der Waals surface area contributed by atoms with Gasteiger partial charge in [-0.1, -0.05) is 17.7 Å². The van der Waals surface area contributed by atoms with E-state index in [4.69, 9.17) is 9.15 Å². The number of aryl methyl sites for hydroxylation is 1. The number of aromatic nitrogens is 4. The van der Waals surface area contributed by atoms with Crippen LogP contribution in [0, 0.1) is 6.92 Å². The molecular weight excluding hydrogens is 376 g/mol. The van der Waals surface area contributed by atoms with E-state index < -0.39 is 5.97 Å². The number of pyridine rings is 1. The van der Waals surface area contributed by atoms with Crippen LogP contribution < -0.4 is 0 Å². The van der Waals surface area contributed by atoms with Gasteiger partial charge in [0, 0.05) is 28.9 Å². The van der Waals surface area contributed by atoms with E-state index in [1.807, 2.05) is 48.7 Å². The zero-order valence-electron chi connectivity index (χ0n) is 15.0. The summed E-state index contributed by atoms with van der Waals surface area (Å²) in [7, 11) is 0. The highest BCUT2D eigenvalue weighted by molar-refractivity contribution is 7.13.